The van der Waals surface area contributed by atoms with Crippen LogP contribution in [0.3, 0.4) is 0 Å². The first kappa shape index (κ1) is 8.55. The van der Waals surface area contributed by atoms with Gasteiger partial charge in [-0.25, -0.2) is 0 Å². The summed E-state index contributed by atoms with van der Waals surface area (Å²) < 4.78 is 10.7. The van der Waals surface area contributed by atoms with Crippen LogP contribution >= 0.6 is 15.9 Å². The second-order valence-corrected chi connectivity index (χ2v) is 2.54. The van der Waals surface area contributed by atoms with Crippen molar-refractivity contribution in [3.8, 4) is 0 Å². The third-order valence-electron chi connectivity index (χ3n) is 1.21. The molecule has 1 rings (SSSR count). The molecule has 5 heteroatoms. The number of ether oxygens (including phenoxy) is 1. The number of halogens is 1. The molecule has 0 aromatic carbocycles. The Hall–Kier alpha value is -0.550. The number of hydrogen-bond donors (Lipinski definition) is 0. The first-order valence-electron chi connectivity index (χ1n) is 3.02. The van der Waals surface area contributed by atoms with E-state index in [9.17, 15) is 4.79 Å². The maximum atomic E-state index is 11.1. The molecule has 1 aromatic heterocycles. The maximum absolute atomic E-state index is 11.1. The van der Waals surface area contributed by atoms with Gasteiger partial charge in [0.15, 0.2) is 6.73 Å². The van der Waals surface area contributed by atoms with E-state index in [0.717, 1.165) is 4.74 Å². The summed E-state index contributed by atoms with van der Waals surface area (Å²) in [6, 6.07) is 0. The molecule has 0 saturated heterocycles. The van der Waals surface area contributed by atoms with Crippen LogP contribution in [-0.2, 0) is 16.8 Å². The zero-order chi connectivity index (χ0) is 8.27. The Kier molecular flexibility index (Phi) is 2.90. The van der Waals surface area contributed by atoms with Crippen molar-refractivity contribution < 1.29 is 9.26 Å². The summed E-state index contributed by atoms with van der Waals surface area (Å²) in [6.07, 6.45) is 1.41. The fraction of sp³-hybridized carbons (Fsp3) is 0.500. The topological polar surface area (TPSA) is 44.4 Å². The van der Waals surface area contributed by atoms with Crippen molar-refractivity contribution in [1.82, 2.24) is 4.74 Å². The predicted molar refractivity (Wildman–Crippen MR) is 42.6 cm³/mol. The van der Waals surface area contributed by atoms with Crippen LogP contribution in [0.1, 0.15) is 5.56 Å². The van der Waals surface area contributed by atoms with Gasteiger partial charge in [0, 0.05) is 12.4 Å². The third kappa shape index (κ3) is 1.72. The Morgan fingerprint density at radius 2 is 2.55 bits per heavy atom. The minimum atomic E-state index is -0.149. The SMILES string of the molecule is COCn1occ(CBr)c1=O. The van der Waals surface area contributed by atoms with Crippen LogP contribution in [0.2, 0.25) is 0 Å². The molecule has 0 bridgehead atoms. The average Bonchev–Trinajstić information content (AvgIpc) is 2.34. The Bertz CT molecular complexity index is 278. The fourth-order valence-corrected chi connectivity index (χ4v) is 1.05. The van der Waals surface area contributed by atoms with E-state index in [-0.39, 0.29) is 12.3 Å². The van der Waals surface area contributed by atoms with Crippen LogP contribution in [-0.4, -0.2) is 11.8 Å². The lowest BCUT2D eigenvalue weighted by molar-refractivity contribution is 0.0582. The van der Waals surface area contributed by atoms with Crippen LogP contribution in [0, 0.1) is 0 Å². The summed E-state index contributed by atoms with van der Waals surface area (Å²) in [7, 11) is 1.50. The third-order valence-corrected chi connectivity index (χ3v) is 1.82. The normalized spacial score (nSPS) is 10.4. The van der Waals surface area contributed by atoms with Gasteiger partial charge in [-0.1, -0.05) is 15.9 Å². The Morgan fingerprint density at radius 1 is 1.82 bits per heavy atom. The number of nitrogens with zero attached hydrogens (tertiary/aromatic N) is 1. The molecule has 0 fully saturated rings. The zero-order valence-electron chi connectivity index (χ0n) is 6.04. The van der Waals surface area contributed by atoms with Crippen LogP contribution < -0.4 is 5.56 Å². The van der Waals surface area contributed by atoms with Crippen LogP contribution in [0.15, 0.2) is 15.6 Å². The highest BCUT2D eigenvalue weighted by atomic mass is 79.9. The van der Waals surface area contributed by atoms with Crippen molar-refractivity contribution in [2.24, 2.45) is 0 Å². The van der Waals surface area contributed by atoms with Gasteiger partial charge in [0.05, 0.1) is 5.56 Å². The van der Waals surface area contributed by atoms with Crippen LogP contribution in [0.25, 0.3) is 0 Å². The number of hydrogen-bond acceptors (Lipinski definition) is 3. The van der Waals surface area contributed by atoms with Gasteiger partial charge < -0.3 is 9.26 Å². The lowest BCUT2D eigenvalue weighted by Crippen LogP contribution is -2.17. The van der Waals surface area contributed by atoms with Crippen molar-refractivity contribution in [1.29, 1.82) is 0 Å². The molecule has 1 aromatic rings. The van der Waals surface area contributed by atoms with E-state index < -0.39 is 0 Å². The average molecular weight is 222 g/mol. The number of methoxy groups -OCH3 is 1. The number of alkyl halides is 1. The molecule has 0 amide bonds. The summed E-state index contributed by atoms with van der Waals surface area (Å²) >= 11 is 3.16. The molecule has 4 nitrogen and oxygen atoms in total. The van der Waals surface area contributed by atoms with Gasteiger partial charge in [-0.15, -0.1) is 4.74 Å². The molecular formula is C6H8BrNO3. The monoisotopic (exact) mass is 221 g/mol. The lowest BCUT2D eigenvalue weighted by Gasteiger charge is -1.93. The Morgan fingerprint density at radius 3 is 3.00 bits per heavy atom. The van der Waals surface area contributed by atoms with E-state index >= 15 is 0 Å². The van der Waals surface area contributed by atoms with E-state index in [1.165, 1.54) is 13.4 Å². The largest absolute Gasteiger partial charge is 0.382 e. The standard InChI is InChI=1S/C6H8BrNO3/c1-10-4-8-6(9)5(2-7)3-11-8/h3H,2,4H2,1H3. The highest BCUT2D eigenvalue weighted by Crippen LogP contribution is 1.99. The van der Waals surface area contributed by atoms with Gasteiger partial charge >= 0.3 is 0 Å². The molecule has 1 heterocycles. The summed E-state index contributed by atoms with van der Waals surface area (Å²) in [4.78, 5) is 11.1. The molecule has 0 saturated carbocycles. The Balaban J connectivity index is 2.92. The Labute approximate surface area is 71.8 Å². The zero-order valence-corrected chi connectivity index (χ0v) is 7.63. The molecule has 0 N–H and O–H groups in total. The van der Waals surface area contributed by atoms with E-state index in [1.807, 2.05) is 0 Å². The maximum Gasteiger partial charge on any atom is 0.288 e. The first-order valence-corrected chi connectivity index (χ1v) is 4.14. The van der Waals surface area contributed by atoms with Crippen molar-refractivity contribution in [3.05, 3.63) is 22.2 Å². The van der Waals surface area contributed by atoms with E-state index in [1.54, 1.807) is 0 Å². The quantitative estimate of drug-likeness (QED) is 0.715. The van der Waals surface area contributed by atoms with Crippen molar-refractivity contribution >= 4 is 15.9 Å². The minimum Gasteiger partial charge on any atom is -0.382 e. The molecule has 62 valence electrons. The molecule has 0 unspecified atom stereocenters. The molecular weight excluding hydrogens is 214 g/mol. The minimum absolute atomic E-state index is 0.149. The highest BCUT2D eigenvalue weighted by molar-refractivity contribution is 9.08. The second kappa shape index (κ2) is 3.73. The lowest BCUT2D eigenvalue weighted by atomic mass is 10.4. The van der Waals surface area contributed by atoms with Crippen molar-refractivity contribution in [2.75, 3.05) is 7.11 Å². The van der Waals surface area contributed by atoms with Gasteiger partial charge in [0.25, 0.3) is 5.56 Å². The van der Waals surface area contributed by atoms with Crippen LogP contribution in [0.4, 0.5) is 0 Å². The number of aromatic nitrogens is 1. The smallest absolute Gasteiger partial charge is 0.288 e. The summed E-state index contributed by atoms with van der Waals surface area (Å²) in [5.74, 6) is 0. The second-order valence-electron chi connectivity index (χ2n) is 1.98. The van der Waals surface area contributed by atoms with Crippen molar-refractivity contribution in [3.63, 3.8) is 0 Å². The summed E-state index contributed by atoms with van der Waals surface area (Å²) in [6.45, 7) is 0.159. The van der Waals surface area contributed by atoms with Gasteiger partial charge in [0.1, 0.15) is 6.26 Å². The molecule has 0 aliphatic rings. The van der Waals surface area contributed by atoms with Crippen LogP contribution in [0.5, 0.6) is 0 Å². The molecule has 0 aliphatic heterocycles. The van der Waals surface area contributed by atoms with E-state index in [4.69, 9.17) is 9.26 Å². The first-order chi connectivity index (χ1) is 5.29. The van der Waals surface area contributed by atoms with Crippen molar-refractivity contribution in [2.45, 2.75) is 12.1 Å². The predicted octanol–water partition coefficient (Wildman–Crippen LogP) is 0.940. The van der Waals surface area contributed by atoms with Gasteiger partial charge in [-0.3, -0.25) is 4.79 Å². The van der Waals surface area contributed by atoms with Gasteiger partial charge in [0.2, 0.25) is 0 Å². The summed E-state index contributed by atoms with van der Waals surface area (Å²) in [5.41, 5.74) is 0.450. The molecule has 0 spiro atoms. The summed E-state index contributed by atoms with van der Waals surface area (Å²) in [5, 5.41) is 0.506. The molecule has 11 heavy (non-hydrogen) atoms. The van der Waals surface area contributed by atoms with Gasteiger partial charge in [-0.05, 0) is 0 Å². The van der Waals surface area contributed by atoms with Gasteiger partial charge in [-0.2, -0.15) is 0 Å². The highest BCUT2D eigenvalue weighted by Gasteiger charge is 2.04. The molecule has 0 radical (unpaired) electrons. The molecule has 0 atom stereocenters. The number of rotatable bonds is 3. The van der Waals surface area contributed by atoms with E-state index in [0.29, 0.717) is 10.9 Å². The van der Waals surface area contributed by atoms with E-state index in [2.05, 4.69) is 15.9 Å². The molecule has 0 aliphatic carbocycles. The fourth-order valence-electron chi connectivity index (χ4n) is 0.681.